The van der Waals surface area contributed by atoms with Crippen LogP contribution >= 0.6 is 23.2 Å². The first-order valence-electron chi connectivity index (χ1n) is 14.3. The third-order valence-electron chi connectivity index (χ3n) is 8.09. The zero-order valence-corrected chi connectivity index (χ0v) is 25.8. The number of rotatable bonds is 8. The fourth-order valence-electron chi connectivity index (χ4n) is 5.91. The number of halogens is 2. The third kappa shape index (κ3) is 6.81. The third-order valence-corrected chi connectivity index (χ3v) is 8.64. The number of nitrogens with zero attached hydrogens (tertiary/aromatic N) is 2. The molecule has 0 spiro atoms. The second-order valence-electron chi connectivity index (χ2n) is 11.3. The predicted octanol–water partition coefficient (Wildman–Crippen LogP) is 7.19. The van der Waals surface area contributed by atoms with Crippen molar-refractivity contribution < 1.29 is 14.3 Å². The number of carbonyl (C=O) groups is 2. The average molecular weight is 604 g/mol. The molecule has 42 heavy (non-hydrogen) atoms. The fourth-order valence-corrected chi connectivity index (χ4v) is 6.44. The number of benzene rings is 3. The lowest BCUT2D eigenvalue weighted by molar-refractivity contribution is -0.123. The van der Waals surface area contributed by atoms with Crippen LogP contribution in [0.3, 0.4) is 0 Å². The second kappa shape index (κ2) is 13.3. The average Bonchev–Trinajstić information content (AvgIpc) is 3.14. The molecule has 5 nitrogen and oxygen atoms in total. The number of ether oxygens (including phenoxy) is 1. The van der Waals surface area contributed by atoms with Gasteiger partial charge in [-0.2, -0.15) is 0 Å². The molecular formula is C35H36Cl2N2O3. The van der Waals surface area contributed by atoms with Crippen molar-refractivity contribution in [1.29, 1.82) is 0 Å². The van der Waals surface area contributed by atoms with Gasteiger partial charge in [0.1, 0.15) is 0 Å². The molecule has 5 rings (SSSR count). The lowest BCUT2D eigenvalue weighted by atomic mass is 9.86. The quantitative estimate of drug-likeness (QED) is 0.202. The molecule has 1 saturated heterocycles. The SMILES string of the molecule is COC(=O)c1ccc2c(c1)CCCC(c1ccc(Cl)cc1Cl)=C2c1ccc(CC2CN(CC=CC(=O)N(C)C)C2)cc1. The van der Waals surface area contributed by atoms with Crippen molar-refractivity contribution in [2.45, 2.75) is 25.7 Å². The number of hydrogen-bond donors (Lipinski definition) is 0. The van der Waals surface area contributed by atoms with Gasteiger partial charge in [0.2, 0.25) is 5.91 Å². The minimum Gasteiger partial charge on any atom is -0.465 e. The van der Waals surface area contributed by atoms with Crippen LogP contribution in [-0.2, 0) is 22.4 Å². The fraction of sp³-hybridized carbons (Fsp3) is 0.314. The summed E-state index contributed by atoms with van der Waals surface area (Å²) >= 11 is 13.0. The van der Waals surface area contributed by atoms with E-state index < -0.39 is 0 Å². The molecule has 1 aliphatic carbocycles. The van der Waals surface area contributed by atoms with Crippen LogP contribution in [0.2, 0.25) is 10.0 Å². The van der Waals surface area contributed by atoms with Gasteiger partial charge in [0.15, 0.2) is 0 Å². The van der Waals surface area contributed by atoms with Gasteiger partial charge < -0.3 is 9.64 Å². The standard InChI is InChI=1S/C35H36Cl2N2O3/c1-38(2)33(40)8-5-17-39-21-24(22-39)18-23-9-11-25(12-10-23)34-29-15-13-27(35(41)42-3)19-26(29)6-4-7-31(34)30-16-14-28(36)20-32(30)37/h5,8-16,19-20,24H,4,6-7,17-18,21-22H2,1-3H3. The molecule has 218 valence electrons. The summed E-state index contributed by atoms with van der Waals surface area (Å²) in [5.74, 6) is 0.293. The summed E-state index contributed by atoms with van der Waals surface area (Å²) < 4.78 is 4.99. The van der Waals surface area contributed by atoms with Crippen LogP contribution in [-0.4, -0.2) is 62.5 Å². The Morgan fingerprint density at radius 3 is 2.40 bits per heavy atom. The number of amides is 1. The molecule has 1 heterocycles. The molecule has 3 aromatic rings. The van der Waals surface area contributed by atoms with Gasteiger partial charge in [-0.05, 0) is 94.8 Å². The molecule has 0 bridgehead atoms. The smallest absolute Gasteiger partial charge is 0.337 e. The highest BCUT2D eigenvalue weighted by atomic mass is 35.5. The molecule has 1 amide bonds. The summed E-state index contributed by atoms with van der Waals surface area (Å²) in [6.07, 6.45) is 7.26. The predicted molar refractivity (Wildman–Crippen MR) is 171 cm³/mol. The van der Waals surface area contributed by atoms with Crippen LogP contribution in [0, 0.1) is 5.92 Å². The van der Waals surface area contributed by atoms with Crippen molar-refractivity contribution in [1.82, 2.24) is 9.80 Å². The lowest BCUT2D eigenvalue weighted by Gasteiger charge is -2.38. The minimum atomic E-state index is -0.328. The number of hydrogen-bond acceptors (Lipinski definition) is 4. The van der Waals surface area contributed by atoms with Gasteiger partial charge in [-0.25, -0.2) is 4.79 Å². The number of allylic oxidation sites excluding steroid dienone is 1. The molecule has 0 radical (unpaired) electrons. The summed E-state index contributed by atoms with van der Waals surface area (Å²) in [7, 11) is 4.93. The number of fused-ring (bicyclic) bond motifs is 1. The van der Waals surface area contributed by atoms with Crippen molar-refractivity contribution in [2.75, 3.05) is 40.8 Å². The lowest BCUT2D eigenvalue weighted by Crippen LogP contribution is -2.47. The highest BCUT2D eigenvalue weighted by Crippen LogP contribution is 2.42. The van der Waals surface area contributed by atoms with E-state index in [1.54, 1.807) is 31.1 Å². The molecule has 0 aromatic heterocycles. The number of likely N-dealkylation sites (tertiary alicyclic amines) is 1. The number of carbonyl (C=O) groups excluding carboxylic acids is 2. The molecule has 7 heteroatoms. The maximum absolute atomic E-state index is 12.3. The largest absolute Gasteiger partial charge is 0.465 e. The Labute approximate surface area is 258 Å². The maximum Gasteiger partial charge on any atom is 0.337 e. The van der Waals surface area contributed by atoms with E-state index in [1.807, 2.05) is 36.4 Å². The maximum atomic E-state index is 12.3. The highest BCUT2D eigenvalue weighted by molar-refractivity contribution is 6.36. The van der Waals surface area contributed by atoms with E-state index in [2.05, 4.69) is 29.2 Å². The van der Waals surface area contributed by atoms with E-state index in [4.69, 9.17) is 27.9 Å². The summed E-state index contributed by atoms with van der Waals surface area (Å²) in [5, 5.41) is 1.25. The van der Waals surface area contributed by atoms with Crippen molar-refractivity contribution in [3.8, 4) is 0 Å². The van der Waals surface area contributed by atoms with E-state index >= 15 is 0 Å². The van der Waals surface area contributed by atoms with Crippen LogP contribution in [0.25, 0.3) is 11.1 Å². The Morgan fingerprint density at radius 1 is 0.976 bits per heavy atom. The topological polar surface area (TPSA) is 49.9 Å². The normalized spacial score (nSPS) is 15.7. The van der Waals surface area contributed by atoms with Crippen molar-refractivity contribution >= 4 is 46.2 Å². The first kappa shape index (κ1) is 30.1. The Balaban J connectivity index is 1.40. The molecule has 1 aliphatic heterocycles. The molecule has 2 aliphatic rings. The summed E-state index contributed by atoms with van der Waals surface area (Å²) in [4.78, 5) is 28.0. The summed E-state index contributed by atoms with van der Waals surface area (Å²) in [6, 6.07) is 20.4. The van der Waals surface area contributed by atoms with Crippen molar-refractivity contribution in [3.05, 3.63) is 116 Å². The van der Waals surface area contributed by atoms with Crippen LogP contribution in [0.1, 0.15) is 51.0 Å². The molecular weight excluding hydrogens is 567 g/mol. The first-order chi connectivity index (χ1) is 20.2. The number of methoxy groups -OCH3 is 1. The monoisotopic (exact) mass is 602 g/mol. The van der Waals surface area contributed by atoms with E-state index in [0.29, 0.717) is 21.5 Å². The van der Waals surface area contributed by atoms with Gasteiger partial charge in [-0.3, -0.25) is 9.69 Å². The molecule has 0 unspecified atom stereocenters. The van der Waals surface area contributed by atoms with Crippen LogP contribution in [0.15, 0.2) is 72.8 Å². The molecule has 1 fully saturated rings. The van der Waals surface area contributed by atoms with E-state index in [1.165, 1.54) is 18.2 Å². The minimum absolute atomic E-state index is 0.0176. The Bertz CT molecular complexity index is 1540. The molecule has 0 atom stereocenters. The van der Waals surface area contributed by atoms with Crippen LogP contribution < -0.4 is 0 Å². The van der Waals surface area contributed by atoms with Gasteiger partial charge >= 0.3 is 5.97 Å². The summed E-state index contributed by atoms with van der Waals surface area (Å²) in [6.45, 7) is 2.86. The Morgan fingerprint density at radius 2 is 1.71 bits per heavy atom. The van der Waals surface area contributed by atoms with Crippen LogP contribution in [0.5, 0.6) is 0 Å². The van der Waals surface area contributed by atoms with Gasteiger partial charge in [0.25, 0.3) is 0 Å². The van der Waals surface area contributed by atoms with E-state index in [9.17, 15) is 9.59 Å². The highest BCUT2D eigenvalue weighted by Gasteiger charge is 2.26. The molecule has 0 saturated carbocycles. The van der Waals surface area contributed by atoms with E-state index in [-0.39, 0.29) is 11.9 Å². The van der Waals surface area contributed by atoms with Crippen LogP contribution in [0.4, 0.5) is 0 Å². The molecule has 0 N–H and O–H groups in total. The van der Waals surface area contributed by atoms with Gasteiger partial charge in [-0.15, -0.1) is 0 Å². The zero-order chi connectivity index (χ0) is 29.8. The zero-order valence-electron chi connectivity index (χ0n) is 24.3. The first-order valence-corrected chi connectivity index (χ1v) is 15.1. The van der Waals surface area contributed by atoms with Crippen molar-refractivity contribution in [3.63, 3.8) is 0 Å². The number of likely N-dealkylation sites (N-methyl/N-ethyl adjacent to an activating group) is 1. The van der Waals surface area contributed by atoms with Gasteiger partial charge in [0, 0.05) is 49.9 Å². The van der Waals surface area contributed by atoms with Gasteiger partial charge in [-0.1, -0.05) is 65.7 Å². The number of aryl methyl sites for hydroxylation is 1. The number of esters is 1. The Hall–Kier alpha value is -3.38. The molecule has 3 aromatic carbocycles. The second-order valence-corrected chi connectivity index (χ2v) is 12.2. The Kier molecular flexibility index (Phi) is 9.52. The van der Waals surface area contributed by atoms with Crippen molar-refractivity contribution in [2.24, 2.45) is 5.92 Å². The van der Waals surface area contributed by atoms with Gasteiger partial charge in [0.05, 0.1) is 12.7 Å². The summed E-state index contributed by atoms with van der Waals surface area (Å²) in [5.41, 5.74) is 8.56. The van der Waals surface area contributed by atoms with E-state index in [0.717, 1.165) is 73.1 Å².